The summed E-state index contributed by atoms with van der Waals surface area (Å²) in [7, 11) is 3.48. The first-order valence-corrected chi connectivity index (χ1v) is 8.98. The van der Waals surface area contributed by atoms with Crippen LogP contribution in [-0.2, 0) is 4.79 Å². The van der Waals surface area contributed by atoms with Crippen LogP contribution in [0.4, 0.5) is 10.5 Å². The van der Waals surface area contributed by atoms with E-state index in [1.807, 2.05) is 18.2 Å². The number of rotatable bonds is 4. The van der Waals surface area contributed by atoms with Crippen molar-refractivity contribution >= 4 is 17.6 Å². The Morgan fingerprint density at radius 2 is 1.81 bits per heavy atom. The Bertz CT molecular complexity index is 787. The molecule has 0 spiro atoms. The molecule has 0 unspecified atom stereocenters. The van der Waals surface area contributed by atoms with E-state index >= 15 is 0 Å². The van der Waals surface area contributed by atoms with Crippen molar-refractivity contribution in [1.29, 1.82) is 0 Å². The highest BCUT2D eigenvalue weighted by Gasteiger charge is 2.28. The molecule has 2 aromatic rings. The first-order valence-electron chi connectivity index (χ1n) is 8.98. The fourth-order valence-electron chi connectivity index (χ4n) is 3.04. The van der Waals surface area contributed by atoms with E-state index < -0.39 is 0 Å². The number of nitrogens with zero attached hydrogens (tertiary/aromatic N) is 3. The van der Waals surface area contributed by atoms with Gasteiger partial charge in [0.25, 0.3) is 0 Å². The molecule has 0 saturated carbocycles. The second-order valence-corrected chi connectivity index (χ2v) is 6.74. The normalized spacial score (nSPS) is 14.5. The van der Waals surface area contributed by atoms with Gasteiger partial charge in [0.2, 0.25) is 5.91 Å². The maximum atomic E-state index is 12.6. The molecule has 7 nitrogen and oxygen atoms in total. The molecule has 3 rings (SSSR count). The van der Waals surface area contributed by atoms with Crippen molar-refractivity contribution < 1.29 is 14.3 Å². The van der Waals surface area contributed by atoms with Gasteiger partial charge in [0.15, 0.2) is 0 Å². The van der Waals surface area contributed by atoms with Crippen molar-refractivity contribution in [3.05, 3.63) is 48.8 Å². The lowest BCUT2D eigenvalue weighted by Gasteiger charge is -2.33. The number of likely N-dealkylation sites (tertiary alicyclic amines) is 1. The van der Waals surface area contributed by atoms with Gasteiger partial charge in [-0.25, -0.2) is 4.79 Å². The van der Waals surface area contributed by atoms with Gasteiger partial charge >= 0.3 is 6.03 Å². The summed E-state index contributed by atoms with van der Waals surface area (Å²) in [4.78, 5) is 31.9. The van der Waals surface area contributed by atoms with Crippen LogP contribution in [0.15, 0.2) is 48.8 Å². The summed E-state index contributed by atoms with van der Waals surface area (Å²) in [5, 5.41) is 2.96. The molecule has 1 aromatic carbocycles. The van der Waals surface area contributed by atoms with Gasteiger partial charge in [-0.1, -0.05) is 6.07 Å². The average molecular weight is 368 g/mol. The number of benzene rings is 1. The summed E-state index contributed by atoms with van der Waals surface area (Å²) in [6, 6.07) is 10.8. The lowest BCUT2D eigenvalue weighted by Crippen LogP contribution is -2.45. The van der Waals surface area contributed by atoms with Crippen molar-refractivity contribution in [2.24, 2.45) is 5.92 Å². The zero-order chi connectivity index (χ0) is 19.2. The van der Waals surface area contributed by atoms with E-state index in [4.69, 9.17) is 4.74 Å². The number of piperidine rings is 1. The number of amides is 3. The summed E-state index contributed by atoms with van der Waals surface area (Å²) in [6.07, 6.45) is 4.65. The maximum absolute atomic E-state index is 12.6. The first-order chi connectivity index (χ1) is 13.0. The molecule has 1 fully saturated rings. The zero-order valence-electron chi connectivity index (χ0n) is 15.6. The fourth-order valence-corrected chi connectivity index (χ4v) is 3.04. The van der Waals surface area contributed by atoms with Gasteiger partial charge in [-0.3, -0.25) is 9.78 Å². The molecular formula is C20H24N4O3. The lowest BCUT2D eigenvalue weighted by atomic mass is 9.96. The Kier molecular flexibility index (Phi) is 5.90. The van der Waals surface area contributed by atoms with Gasteiger partial charge in [-0.2, -0.15) is 0 Å². The highest BCUT2D eigenvalue weighted by Crippen LogP contribution is 2.25. The number of urea groups is 1. The SMILES string of the molecule is CN(C)C(=O)N1CCC(C(=O)Nc2cccc(Oc3ccncc3)c2)CC1. The topological polar surface area (TPSA) is 74.8 Å². The second-order valence-electron chi connectivity index (χ2n) is 6.74. The number of pyridine rings is 1. The van der Waals surface area contributed by atoms with E-state index in [0.717, 1.165) is 0 Å². The minimum atomic E-state index is -0.0963. The standard InChI is InChI=1S/C20H24N4O3/c1-23(2)20(26)24-12-8-15(9-13-24)19(25)22-16-4-3-5-18(14-16)27-17-6-10-21-11-7-17/h3-7,10-11,14-15H,8-9,12-13H2,1-2H3,(H,22,25). The van der Waals surface area contributed by atoms with Gasteiger partial charge in [0.05, 0.1) is 0 Å². The highest BCUT2D eigenvalue weighted by molar-refractivity contribution is 5.93. The van der Waals surface area contributed by atoms with Crippen LogP contribution in [0.1, 0.15) is 12.8 Å². The number of hydrogen-bond acceptors (Lipinski definition) is 4. The van der Waals surface area contributed by atoms with E-state index in [0.29, 0.717) is 43.1 Å². The van der Waals surface area contributed by atoms with E-state index in [-0.39, 0.29) is 17.9 Å². The Balaban J connectivity index is 1.55. The molecule has 1 saturated heterocycles. The smallest absolute Gasteiger partial charge is 0.319 e. The highest BCUT2D eigenvalue weighted by atomic mass is 16.5. The van der Waals surface area contributed by atoms with Crippen LogP contribution < -0.4 is 10.1 Å². The third kappa shape index (κ3) is 4.97. The summed E-state index contributed by atoms with van der Waals surface area (Å²) >= 11 is 0. The predicted molar refractivity (Wildman–Crippen MR) is 103 cm³/mol. The summed E-state index contributed by atoms with van der Waals surface area (Å²) < 4.78 is 5.77. The molecule has 0 atom stereocenters. The Hall–Kier alpha value is -3.09. The molecule has 1 aliphatic heterocycles. The fraction of sp³-hybridized carbons (Fsp3) is 0.350. The molecule has 2 heterocycles. The molecule has 3 amide bonds. The van der Waals surface area contributed by atoms with Crippen LogP contribution >= 0.6 is 0 Å². The van der Waals surface area contributed by atoms with Crippen molar-refractivity contribution in [2.45, 2.75) is 12.8 Å². The number of ether oxygens (including phenoxy) is 1. The summed E-state index contributed by atoms with van der Waals surface area (Å²) in [6.45, 7) is 1.20. The van der Waals surface area contributed by atoms with Crippen LogP contribution in [0.2, 0.25) is 0 Å². The van der Waals surface area contributed by atoms with Gasteiger partial charge in [0.1, 0.15) is 11.5 Å². The molecular weight excluding hydrogens is 344 g/mol. The quantitative estimate of drug-likeness (QED) is 0.899. The van der Waals surface area contributed by atoms with E-state index in [2.05, 4.69) is 10.3 Å². The lowest BCUT2D eigenvalue weighted by molar-refractivity contribution is -0.121. The van der Waals surface area contributed by atoms with Gasteiger partial charge < -0.3 is 19.9 Å². The van der Waals surface area contributed by atoms with Gasteiger partial charge in [-0.05, 0) is 37.1 Å². The zero-order valence-corrected chi connectivity index (χ0v) is 15.6. The molecule has 1 aliphatic rings. The van der Waals surface area contributed by atoms with Gasteiger partial charge in [-0.15, -0.1) is 0 Å². The second kappa shape index (κ2) is 8.53. The van der Waals surface area contributed by atoms with Crippen molar-refractivity contribution in [3.8, 4) is 11.5 Å². The van der Waals surface area contributed by atoms with Crippen LogP contribution in [0.5, 0.6) is 11.5 Å². The van der Waals surface area contributed by atoms with Crippen LogP contribution in [0.25, 0.3) is 0 Å². The molecule has 27 heavy (non-hydrogen) atoms. The number of carbonyl (C=O) groups excluding carboxylic acids is 2. The number of anilines is 1. The monoisotopic (exact) mass is 368 g/mol. The first kappa shape index (κ1) is 18.7. The van der Waals surface area contributed by atoms with Crippen LogP contribution in [0, 0.1) is 5.92 Å². The number of aromatic nitrogens is 1. The maximum Gasteiger partial charge on any atom is 0.319 e. The van der Waals surface area contributed by atoms with Crippen molar-refractivity contribution in [3.63, 3.8) is 0 Å². The van der Waals surface area contributed by atoms with Crippen LogP contribution in [-0.4, -0.2) is 53.9 Å². The Morgan fingerprint density at radius 3 is 2.48 bits per heavy atom. The third-order valence-corrected chi connectivity index (χ3v) is 4.51. The molecule has 0 bridgehead atoms. The average Bonchev–Trinajstić information content (AvgIpc) is 2.68. The molecule has 7 heteroatoms. The molecule has 0 radical (unpaired) electrons. The Morgan fingerprint density at radius 1 is 1.11 bits per heavy atom. The molecule has 1 N–H and O–H groups in total. The summed E-state index contributed by atoms with van der Waals surface area (Å²) in [5.74, 6) is 1.21. The van der Waals surface area contributed by atoms with E-state index in [1.54, 1.807) is 54.5 Å². The van der Waals surface area contributed by atoms with Gasteiger partial charge in [0, 0.05) is 57.3 Å². The number of nitrogens with one attached hydrogen (secondary N) is 1. The van der Waals surface area contributed by atoms with Crippen molar-refractivity contribution in [1.82, 2.24) is 14.8 Å². The van der Waals surface area contributed by atoms with Crippen LogP contribution in [0.3, 0.4) is 0 Å². The van der Waals surface area contributed by atoms with E-state index in [1.165, 1.54) is 0 Å². The predicted octanol–water partition coefficient (Wildman–Crippen LogP) is 3.21. The Labute approximate surface area is 158 Å². The number of carbonyl (C=O) groups is 2. The molecule has 142 valence electrons. The minimum absolute atomic E-state index is 0.00480. The van der Waals surface area contributed by atoms with E-state index in [9.17, 15) is 9.59 Å². The minimum Gasteiger partial charge on any atom is -0.457 e. The summed E-state index contributed by atoms with van der Waals surface area (Å²) in [5.41, 5.74) is 0.693. The third-order valence-electron chi connectivity index (χ3n) is 4.51. The molecule has 1 aromatic heterocycles. The number of hydrogen-bond donors (Lipinski definition) is 1. The van der Waals surface area contributed by atoms with Crippen molar-refractivity contribution in [2.75, 3.05) is 32.5 Å². The molecule has 0 aliphatic carbocycles. The largest absolute Gasteiger partial charge is 0.457 e.